The van der Waals surface area contributed by atoms with Crippen LogP contribution >= 0.6 is 23.1 Å². The number of hydrogen-bond acceptors (Lipinski definition) is 5. The Balaban J connectivity index is 1.48. The maximum Gasteiger partial charge on any atom is 0.233 e. The number of amides is 1. The van der Waals surface area contributed by atoms with Crippen LogP contribution in [0.1, 0.15) is 51.5 Å². The van der Waals surface area contributed by atoms with Crippen LogP contribution in [0.5, 0.6) is 0 Å². The molecule has 2 aromatic heterocycles. The normalized spacial score (nSPS) is 19.5. The number of nitrogens with one attached hydrogen (secondary N) is 1. The minimum atomic E-state index is -0.150. The number of nitrogens with zero attached hydrogens (tertiary/aromatic N) is 3. The molecule has 2 fully saturated rings. The minimum absolute atomic E-state index is 0.120. The van der Waals surface area contributed by atoms with E-state index < -0.39 is 0 Å². The van der Waals surface area contributed by atoms with E-state index in [-0.39, 0.29) is 11.2 Å². The molecule has 4 rings (SSSR count). The van der Waals surface area contributed by atoms with E-state index in [2.05, 4.69) is 31.5 Å². The fourth-order valence-electron chi connectivity index (χ4n) is 3.19. The fraction of sp³-hybridized carbons (Fsp3) is 0.588. The van der Waals surface area contributed by atoms with Crippen molar-refractivity contribution in [1.29, 1.82) is 0 Å². The number of thiophene rings is 1. The summed E-state index contributed by atoms with van der Waals surface area (Å²) in [7, 11) is 0. The Morgan fingerprint density at radius 3 is 2.79 bits per heavy atom. The van der Waals surface area contributed by atoms with Gasteiger partial charge in [-0.2, -0.15) is 0 Å². The molecular formula is C17H22N4OS2. The molecule has 1 atom stereocenters. The first-order valence-electron chi connectivity index (χ1n) is 8.68. The molecule has 2 saturated carbocycles. The average molecular weight is 363 g/mol. The molecule has 2 aliphatic rings. The molecule has 128 valence electrons. The van der Waals surface area contributed by atoms with Crippen molar-refractivity contribution in [3.8, 4) is 10.7 Å². The van der Waals surface area contributed by atoms with E-state index in [1.807, 2.05) is 13.0 Å². The van der Waals surface area contributed by atoms with Gasteiger partial charge in [-0.15, -0.1) is 21.5 Å². The van der Waals surface area contributed by atoms with Crippen molar-refractivity contribution in [3.63, 3.8) is 0 Å². The summed E-state index contributed by atoms with van der Waals surface area (Å²) in [6, 6.07) is 4.97. The molecule has 0 saturated heterocycles. The Bertz CT molecular complexity index is 702. The van der Waals surface area contributed by atoms with Gasteiger partial charge >= 0.3 is 0 Å². The highest BCUT2D eigenvalue weighted by atomic mass is 32.2. The van der Waals surface area contributed by atoms with Gasteiger partial charge in [0.15, 0.2) is 11.0 Å². The molecule has 2 aliphatic carbocycles. The van der Waals surface area contributed by atoms with Gasteiger partial charge < -0.3 is 5.32 Å². The summed E-state index contributed by atoms with van der Waals surface area (Å²) in [5.74, 6) is 1.06. The lowest BCUT2D eigenvalue weighted by Gasteiger charge is -2.16. The van der Waals surface area contributed by atoms with E-state index in [1.165, 1.54) is 37.4 Å². The number of thioether (sulfide) groups is 1. The van der Waals surface area contributed by atoms with Crippen molar-refractivity contribution in [3.05, 3.63) is 17.5 Å². The standard InChI is InChI=1S/C17H22N4OS2/c1-11(16(22)18-12-5-2-3-6-12)24-17-20-19-15(14-7-4-10-23-14)21(17)13-8-9-13/h4,7,10-13H,2-3,5-6,8-9H2,1H3,(H,18,22)/t11-/m0/s1. The van der Waals surface area contributed by atoms with Gasteiger partial charge in [0.1, 0.15) is 0 Å². The van der Waals surface area contributed by atoms with Gasteiger partial charge in [-0.1, -0.05) is 30.7 Å². The monoisotopic (exact) mass is 362 g/mol. The van der Waals surface area contributed by atoms with Gasteiger partial charge in [-0.3, -0.25) is 9.36 Å². The molecule has 24 heavy (non-hydrogen) atoms. The molecule has 2 heterocycles. The van der Waals surface area contributed by atoms with Crippen LogP contribution < -0.4 is 5.32 Å². The molecule has 2 aromatic rings. The van der Waals surface area contributed by atoms with Crippen molar-refractivity contribution in [2.75, 3.05) is 0 Å². The van der Waals surface area contributed by atoms with Gasteiger partial charge in [0, 0.05) is 12.1 Å². The molecule has 0 spiro atoms. The Kier molecular flexibility index (Phi) is 4.63. The summed E-state index contributed by atoms with van der Waals surface area (Å²) in [6.45, 7) is 1.96. The van der Waals surface area contributed by atoms with E-state index in [9.17, 15) is 4.79 Å². The third kappa shape index (κ3) is 3.37. The summed E-state index contributed by atoms with van der Waals surface area (Å²) in [4.78, 5) is 13.6. The molecule has 1 N–H and O–H groups in total. The van der Waals surface area contributed by atoms with E-state index in [4.69, 9.17) is 0 Å². The van der Waals surface area contributed by atoms with Gasteiger partial charge in [0.25, 0.3) is 0 Å². The third-order valence-electron chi connectivity index (χ3n) is 4.67. The van der Waals surface area contributed by atoms with E-state index in [1.54, 1.807) is 11.3 Å². The molecule has 0 bridgehead atoms. The van der Waals surface area contributed by atoms with Gasteiger partial charge in [-0.05, 0) is 44.1 Å². The van der Waals surface area contributed by atoms with Crippen LogP contribution in [-0.2, 0) is 4.79 Å². The highest BCUT2D eigenvalue weighted by molar-refractivity contribution is 8.00. The second-order valence-corrected chi connectivity index (χ2v) is 8.89. The van der Waals surface area contributed by atoms with E-state index in [0.29, 0.717) is 12.1 Å². The van der Waals surface area contributed by atoms with Crippen molar-refractivity contribution in [2.24, 2.45) is 0 Å². The van der Waals surface area contributed by atoms with E-state index in [0.717, 1.165) is 28.7 Å². The lowest BCUT2D eigenvalue weighted by atomic mass is 10.2. The topological polar surface area (TPSA) is 59.8 Å². The molecule has 1 amide bonds. The van der Waals surface area contributed by atoms with Crippen molar-refractivity contribution >= 4 is 29.0 Å². The van der Waals surface area contributed by atoms with Crippen LogP contribution in [0.15, 0.2) is 22.7 Å². The fourth-order valence-corrected chi connectivity index (χ4v) is 4.83. The zero-order chi connectivity index (χ0) is 16.5. The second-order valence-electron chi connectivity index (χ2n) is 6.63. The molecule has 7 heteroatoms. The summed E-state index contributed by atoms with van der Waals surface area (Å²) >= 11 is 3.21. The highest BCUT2D eigenvalue weighted by Gasteiger charge is 2.32. The summed E-state index contributed by atoms with van der Waals surface area (Å²) in [6.07, 6.45) is 7.03. The lowest BCUT2D eigenvalue weighted by Crippen LogP contribution is -2.37. The maximum atomic E-state index is 12.4. The van der Waals surface area contributed by atoms with Crippen LogP contribution in [0, 0.1) is 0 Å². The SMILES string of the molecule is C[C@H](Sc1nnc(-c2cccs2)n1C1CC1)C(=O)NC1CCCC1. The van der Waals surface area contributed by atoms with Crippen molar-refractivity contribution in [2.45, 2.75) is 67.9 Å². The number of rotatable bonds is 6. The third-order valence-corrected chi connectivity index (χ3v) is 6.59. The van der Waals surface area contributed by atoms with Crippen LogP contribution in [-0.4, -0.2) is 32.0 Å². The zero-order valence-corrected chi connectivity index (χ0v) is 15.4. The summed E-state index contributed by atoms with van der Waals surface area (Å²) < 4.78 is 2.23. The number of aromatic nitrogens is 3. The molecule has 0 radical (unpaired) electrons. The summed E-state index contributed by atoms with van der Waals surface area (Å²) in [5, 5.41) is 14.8. The largest absolute Gasteiger partial charge is 0.352 e. The smallest absolute Gasteiger partial charge is 0.233 e. The van der Waals surface area contributed by atoms with Crippen molar-refractivity contribution < 1.29 is 4.79 Å². The first kappa shape index (κ1) is 16.1. The lowest BCUT2D eigenvalue weighted by molar-refractivity contribution is -0.120. The predicted molar refractivity (Wildman–Crippen MR) is 97.3 cm³/mol. The Hall–Kier alpha value is -1.34. The highest BCUT2D eigenvalue weighted by Crippen LogP contribution is 2.42. The van der Waals surface area contributed by atoms with Crippen LogP contribution in [0.3, 0.4) is 0 Å². The average Bonchev–Trinajstić information content (AvgIpc) is 3.01. The predicted octanol–water partition coefficient (Wildman–Crippen LogP) is 3.88. The van der Waals surface area contributed by atoms with Gasteiger partial charge in [-0.25, -0.2) is 0 Å². The first-order valence-corrected chi connectivity index (χ1v) is 10.4. The number of carbonyl (C=O) groups excluding carboxylic acids is 1. The van der Waals surface area contributed by atoms with Crippen LogP contribution in [0.2, 0.25) is 0 Å². The molecular weight excluding hydrogens is 340 g/mol. The van der Waals surface area contributed by atoms with Gasteiger partial charge in [0.05, 0.1) is 10.1 Å². The second kappa shape index (κ2) is 6.88. The number of hydrogen-bond donors (Lipinski definition) is 1. The summed E-state index contributed by atoms with van der Waals surface area (Å²) in [5.41, 5.74) is 0. The Morgan fingerprint density at radius 2 is 2.12 bits per heavy atom. The molecule has 0 aromatic carbocycles. The first-order chi connectivity index (χ1) is 11.7. The maximum absolute atomic E-state index is 12.4. The quantitative estimate of drug-likeness (QED) is 0.792. The van der Waals surface area contributed by atoms with Crippen LogP contribution in [0.4, 0.5) is 0 Å². The number of carbonyl (C=O) groups is 1. The molecule has 0 aliphatic heterocycles. The zero-order valence-electron chi connectivity index (χ0n) is 13.8. The van der Waals surface area contributed by atoms with E-state index >= 15 is 0 Å². The van der Waals surface area contributed by atoms with Crippen LogP contribution in [0.25, 0.3) is 10.7 Å². The Labute approximate surface area is 150 Å². The minimum Gasteiger partial charge on any atom is -0.352 e. The van der Waals surface area contributed by atoms with Crippen molar-refractivity contribution in [1.82, 2.24) is 20.1 Å². The van der Waals surface area contributed by atoms with Gasteiger partial charge in [0.2, 0.25) is 5.91 Å². The molecule has 5 nitrogen and oxygen atoms in total. The Morgan fingerprint density at radius 1 is 1.33 bits per heavy atom. The molecule has 0 unspecified atom stereocenters.